The number of halogens is 1. The van der Waals surface area contributed by atoms with Gasteiger partial charge in [-0.25, -0.2) is 0 Å². The molecular weight excluding hydrogens is 380 g/mol. The number of ether oxygens (including phenoxy) is 2. The fourth-order valence-electron chi connectivity index (χ4n) is 4.33. The second kappa shape index (κ2) is 20.1. The van der Waals surface area contributed by atoms with Crippen LogP contribution >= 0.6 is 11.6 Å². The number of rotatable bonds is 21. The number of hydrogen-bond donors (Lipinski definition) is 0. The molecule has 3 unspecified atom stereocenters. The van der Waals surface area contributed by atoms with Gasteiger partial charge in [-0.1, -0.05) is 96.8 Å². The van der Waals surface area contributed by atoms with Gasteiger partial charge in [-0.05, 0) is 38.5 Å². The van der Waals surface area contributed by atoms with Gasteiger partial charge < -0.3 is 9.47 Å². The van der Waals surface area contributed by atoms with Crippen molar-refractivity contribution >= 4 is 11.6 Å². The Morgan fingerprint density at radius 1 is 0.793 bits per heavy atom. The molecule has 1 aliphatic rings. The van der Waals surface area contributed by atoms with Crippen molar-refractivity contribution in [1.82, 2.24) is 0 Å². The van der Waals surface area contributed by atoms with Crippen molar-refractivity contribution in [1.29, 1.82) is 0 Å². The molecule has 1 saturated heterocycles. The van der Waals surface area contributed by atoms with Crippen molar-refractivity contribution in [2.45, 2.75) is 148 Å². The Hall–Kier alpha value is 0.210. The van der Waals surface area contributed by atoms with Crippen molar-refractivity contribution in [3.05, 3.63) is 0 Å². The van der Waals surface area contributed by atoms with Crippen LogP contribution < -0.4 is 0 Å². The van der Waals surface area contributed by atoms with E-state index in [-0.39, 0.29) is 11.7 Å². The SMILES string of the molecule is CCCCCCCCCCCCCCCCC(CCC(C)Cl)COC1CCCO1. The molecule has 1 fully saturated rings. The summed E-state index contributed by atoms with van der Waals surface area (Å²) < 4.78 is 11.6. The first kappa shape index (κ1) is 27.2. The highest BCUT2D eigenvalue weighted by Crippen LogP contribution is 2.22. The summed E-state index contributed by atoms with van der Waals surface area (Å²) in [6.45, 7) is 6.12. The van der Waals surface area contributed by atoms with E-state index in [4.69, 9.17) is 21.1 Å². The topological polar surface area (TPSA) is 18.5 Å². The first-order valence-electron chi connectivity index (χ1n) is 13.1. The first-order chi connectivity index (χ1) is 14.2. The van der Waals surface area contributed by atoms with E-state index in [0.717, 1.165) is 32.5 Å². The standard InChI is InChI=1S/C26H51ClO2/c1-3-4-5-6-7-8-9-10-11-12-13-14-15-16-18-25(21-20-24(2)27)23-29-26-19-17-22-28-26/h24-26H,3-23H2,1-2H3. The van der Waals surface area contributed by atoms with Gasteiger partial charge in [0.25, 0.3) is 0 Å². The molecule has 29 heavy (non-hydrogen) atoms. The quantitative estimate of drug-likeness (QED) is 0.133. The predicted octanol–water partition coefficient (Wildman–Crippen LogP) is 9.03. The molecule has 0 radical (unpaired) electrons. The molecule has 0 aromatic heterocycles. The van der Waals surface area contributed by atoms with Crippen LogP contribution in [-0.4, -0.2) is 24.9 Å². The van der Waals surface area contributed by atoms with Gasteiger partial charge in [0.2, 0.25) is 0 Å². The molecule has 0 aliphatic carbocycles. The third-order valence-corrected chi connectivity index (χ3v) is 6.56. The van der Waals surface area contributed by atoms with Crippen LogP contribution in [-0.2, 0) is 9.47 Å². The van der Waals surface area contributed by atoms with E-state index >= 15 is 0 Å². The Balaban J connectivity index is 1.92. The molecule has 3 atom stereocenters. The minimum atomic E-state index is 0.0577. The summed E-state index contributed by atoms with van der Waals surface area (Å²) in [5.41, 5.74) is 0. The average Bonchev–Trinajstić information content (AvgIpc) is 3.23. The normalized spacial score (nSPS) is 18.9. The molecular formula is C26H51ClO2. The predicted molar refractivity (Wildman–Crippen MR) is 128 cm³/mol. The van der Waals surface area contributed by atoms with Crippen molar-refractivity contribution in [2.75, 3.05) is 13.2 Å². The summed E-state index contributed by atoms with van der Waals surface area (Å²) in [6.07, 6.45) is 25.8. The maximum absolute atomic E-state index is 6.18. The highest BCUT2D eigenvalue weighted by Gasteiger charge is 2.18. The maximum atomic E-state index is 6.18. The van der Waals surface area contributed by atoms with E-state index in [1.165, 1.54) is 103 Å². The lowest BCUT2D eigenvalue weighted by atomic mass is 9.95. The monoisotopic (exact) mass is 430 g/mol. The van der Waals surface area contributed by atoms with Crippen LogP contribution in [0, 0.1) is 5.92 Å². The smallest absolute Gasteiger partial charge is 0.157 e. The van der Waals surface area contributed by atoms with Crippen LogP contribution in [0.3, 0.4) is 0 Å². The second-order valence-corrected chi connectivity index (χ2v) is 10.1. The summed E-state index contributed by atoms with van der Waals surface area (Å²) in [4.78, 5) is 0. The van der Waals surface area contributed by atoms with Crippen molar-refractivity contribution in [2.24, 2.45) is 5.92 Å². The Bertz CT molecular complexity index is 329. The first-order valence-corrected chi connectivity index (χ1v) is 13.5. The largest absolute Gasteiger partial charge is 0.353 e. The summed E-state index contributed by atoms with van der Waals surface area (Å²) in [6, 6.07) is 0. The van der Waals surface area contributed by atoms with Crippen LogP contribution in [0.4, 0.5) is 0 Å². The molecule has 0 N–H and O–H groups in total. The molecule has 0 bridgehead atoms. The molecule has 174 valence electrons. The highest BCUT2D eigenvalue weighted by molar-refractivity contribution is 6.20. The van der Waals surface area contributed by atoms with Gasteiger partial charge in [-0.3, -0.25) is 0 Å². The minimum absolute atomic E-state index is 0.0577. The van der Waals surface area contributed by atoms with Crippen molar-refractivity contribution in [3.63, 3.8) is 0 Å². The lowest BCUT2D eigenvalue weighted by Gasteiger charge is -2.20. The lowest BCUT2D eigenvalue weighted by Crippen LogP contribution is -2.18. The second-order valence-electron chi connectivity index (χ2n) is 9.38. The maximum Gasteiger partial charge on any atom is 0.157 e. The molecule has 3 heteroatoms. The van der Waals surface area contributed by atoms with Crippen molar-refractivity contribution in [3.8, 4) is 0 Å². The third kappa shape index (κ3) is 17.6. The Morgan fingerprint density at radius 3 is 1.83 bits per heavy atom. The molecule has 0 aromatic carbocycles. The molecule has 0 amide bonds. The van der Waals surface area contributed by atoms with Crippen LogP contribution in [0.2, 0.25) is 0 Å². The van der Waals surface area contributed by atoms with Crippen LogP contribution in [0.1, 0.15) is 136 Å². The molecule has 1 aliphatic heterocycles. The zero-order valence-electron chi connectivity index (χ0n) is 19.8. The van der Waals surface area contributed by atoms with Crippen molar-refractivity contribution < 1.29 is 9.47 Å². The lowest BCUT2D eigenvalue weighted by molar-refractivity contribution is -0.121. The van der Waals surface area contributed by atoms with E-state index in [1.54, 1.807) is 0 Å². The number of hydrogen-bond acceptors (Lipinski definition) is 2. The molecule has 0 spiro atoms. The summed E-state index contributed by atoms with van der Waals surface area (Å²) in [5.74, 6) is 0.651. The molecule has 0 aromatic rings. The molecule has 1 heterocycles. The van der Waals surface area contributed by atoms with E-state index in [0.29, 0.717) is 5.92 Å². The Morgan fingerprint density at radius 2 is 1.34 bits per heavy atom. The summed E-state index contributed by atoms with van der Waals surface area (Å²) in [5, 5.41) is 0.275. The van der Waals surface area contributed by atoms with E-state index < -0.39 is 0 Å². The van der Waals surface area contributed by atoms with E-state index in [9.17, 15) is 0 Å². The molecule has 2 nitrogen and oxygen atoms in total. The van der Waals surface area contributed by atoms with Gasteiger partial charge >= 0.3 is 0 Å². The summed E-state index contributed by atoms with van der Waals surface area (Å²) >= 11 is 6.18. The number of unbranched alkanes of at least 4 members (excludes halogenated alkanes) is 13. The Kier molecular flexibility index (Phi) is 18.9. The van der Waals surface area contributed by atoms with Crippen LogP contribution in [0.15, 0.2) is 0 Å². The molecule has 1 rings (SSSR count). The minimum Gasteiger partial charge on any atom is -0.353 e. The average molecular weight is 431 g/mol. The highest BCUT2D eigenvalue weighted by atomic mass is 35.5. The van der Waals surface area contributed by atoms with Crippen LogP contribution in [0.5, 0.6) is 0 Å². The summed E-state index contributed by atoms with van der Waals surface area (Å²) in [7, 11) is 0. The third-order valence-electron chi connectivity index (χ3n) is 6.34. The van der Waals surface area contributed by atoms with E-state index in [2.05, 4.69) is 13.8 Å². The number of alkyl halides is 1. The molecule has 0 saturated carbocycles. The van der Waals surface area contributed by atoms with E-state index in [1.807, 2.05) is 0 Å². The van der Waals surface area contributed by atoms with Gasteiger partial charge in [0.05, 0.1) is 6.61 Å². The Labute approximate surface area is 187 Å². The fourth-order valence-corrected chi connectivity index (χ4v) is 4.45. The van der Waals surface area contributed by atoms with Gasteiger partial charge in [-0.2, -0.15) is 0 Å². The zero-order chi connectivity index (χ0) is 21.0. The van der Waals surface area contributed by atoms with Crippen LogP contribution in [0.25, 0.3) is 0 Å². The zero-order valence-corrected chi connectivity index (χ0v) is 20.5. The van der Waals surface area contributed by atoms with Gasteiger partial charge in [0.15, 0.2) is 6.29 Å². The van der Waals surface area contributed by atoms with Gasteiger partial charge in [-0.15, -0.1) is 11.6 Å². The fraction of sp³-hybridized carbons (Fsp3) is 1.00. The van der Waals surface area contributed by atoms with Gasteiger partial charge in [0, 0.05) is 18.4 Å². The van der Waals surface area contributed by atoms with Gasteiger partial charge in [0.1, 0.15) is 0 Å².